The van der Waals surface area contributed by atoms with E-state index in [0.717, 1.165) is 11.6 Å². The molecule has 2 atom stereocenters. The Morgan fingerprint density at radius 3 is 2.21 bits per heavy atom. The molecule has 19 heavy (non-hydrogen) atoms. The molecular formula is C11H12O6S2. The topological polar surface area (TPSA) is 109 Å². The van der Waals surface area contributed by atoms with E-state index in [0.29, 0.717) is 0 Å². The average Bonchev–Trinajstić information content (AvgIpc) is 2.24. The highest BCUT2D eigenvalue weighted by molar-refractivity contribution is 7.91. The van der Waals surface area contributed by atoms with E-state index in [9.17, 15) is 21.4 Å². The lowest BCUT2D eigenvalue weighted by Crippen LogP contribution is -2.24. The van der Waals surface area contributed by atoms with E-state index >= 15 is 0 Å². The molecule has 0 heterocycles. The number of fused-ring (bicyclic) bond motifs is 1. The smallest absolute Gasteiger partial charge is 0.282 e. The molecule has 0 bridgehead atoms. The highest BCUT2D eigenvalue weighted by atomic mass is 32.2. The first kappa shape index (κ1) is 14.2. The summed E-state index contributed by atoms with van der Waals surface area (Å²) in [6, 6.07) is 0. The zero-order chi connectivity index (χ0) is 14.4. The predicted octanol–water partition coefficient (Wildman–Crippen LogP) is 1.29. The summed E-state index contributed by atoms with van der Waals surface area (Å²) < 4.78 is 63.2. The van der Waals surface area contributed by atoms with Gasteiger partial charge in [0.05, 0.1) is 9.81 Å². The number of hydrogen-bond donors (Lipinski definition) is 2. The Bertz CT molecular complexity index is 734. The molecule has 2 aliphatic rings. The fourth-order valence-electron chi connectivity index (χ4n) is 2.14. The lowest BCUT2D eigenvalue weighted by molar-refractivity contribution is 0.479. The molecule has 0 spiro atoms. The van der Waals surface area contributed by atoms with Gasteiger partial charge in [0.2, 0.25) is 0 Å². The van der Waals surface area contributed by atoms with Crippen LogP contribution >= 0.6 is 0 Å². The summed E-state index contributed by atoms with van der Waals surface area (Å²) in [6.07, 6.45) is 7.01. The van der Waals surface area contributed by atoms with Crippen molar-refractivity contribution in [2.75, 3.05) is 0 Å². The second-order valence-corrected chi connectivity index (χ2v) is 7.28. The molecule has 0 aromatic rings. The van der Waals surface area contributed by atoms with Crippen LogP contribution in [0.5, 0.6) is 0 Å². The minimum absolute atomic E-state index is 0.434. The van der Waals surface area contributed by atoms with Gasteiger partial charge in [-0.2, -0.15) is 16.8 Å². The van der Waals surface area contributed by atoms with E-state index < -0.39 is 41.9 Å². The lowest BCUT2D eigenvalue weighted by atomic mass is 9.83. The molecule has 0 aromatic heterocycles. The van der Waals surface area contributed by atoms with Crippen LogP contribution in [0.15, 0.2) is 45.8 Å². The van der Waals surface area contributed by atoms with Crippen LogP contribution in [0, 0.1) is 11.8 Å². The van der Waals surface area contributed by atoms with E-state index in [1.54, 1.807) is 25.2 Å². The Hall–Kier alpha value is -1.22. The fraction of sp³-hybridized carbons (Fsp3) is 0.273. The van der Waals surface area contributed by atoms with Crippen molar-refractivity contribution >= 4 is 20.2 Å². The molecule has 0 aromatic carbocycles. The van der Waals surface area contributed by atoms with Gasteiger partial charge in [-0.05, 0) is 13.0 Å². The summed E-state index contributed by atoms with van der Waals surface area (Å²) in [5, 5.41) is 0. The molecule has 2 N–H and O–H groups in total. The van der Waals surface area contributed by atoms with Gasteiger partial charge in [-0.15, -0.1) is 0 Å². The van der Waals surface area contributed by atoms with E-state index in [1.807, 2.05) is 0 Å². The molecule has 8 heteroatoms. The Morgan fingerprint density at radius 2 is 1.68 bits per heavy atom. The quantitative estimate of drug-likeness (QED) is 0.744. The molecule has 2 unspecified atom stereocenters. The Balaban J connectivity index is 2.64. The largest absolute Gasteiger partial charge is 0.294 e. The monoisotopic (exact) mass is 304 g/mol. The third kappa shape index (κ3) is 2.86. The van der Waals surface area contributed by atoms with Gasteiger partial charge in [0.15, 0.2) is 0 Å². The summed E-state index contributed by atoms with van der Waals surface area (Å²) in [7, 11) is -9.08. The van der Waals surface area contributed by atoms with E-state index in [-0.39, 0.29) is 0 Å². The molecule has 2 rings (SSSR count). The van der Waals surface area contributed by atoms with Gasteiger partial charge >= 0.3 is 0 Å². The van der Waals surface area contributed by atoms with Crippen LogP contribution in [0.3, 0.4) is 0 Å². The van der Waals surface area contributed by atoms with Gasteiger partial charge in [0, 0.05) is 11.8 Å². The molecule has 6 nitrogen and oxygen atoms in total. The Labute approximate surface area is 111 Å². The van der Waals surface area contributed by atoms with Gasteiger partial charge < -0.3 is 0 Å². The van der Waals surface area contributed by atoms with Gasteiger partial charge in [0.1, 0.15) is 0 Å². The zero-order valence-electron chi connectivity index (χ0n) is 9.89. The van der Waals surface area contributed by atoms with Crippen LogP contribution in [0.25, 0.3) is 0 Å². The van der Waals surface area contributed by atoms with Gasteiger partial charge in [-0.3, -0.25) is 9.11 Å². The lowest BCUT2D eigenvalue weighted by Gasteiger charge is -2.27. The maximum atomic E-state index is 11.4. The van der Waals surface area contributed by atoms with Crippen molar-refractivity contribution in [1.82, 2.24) is 0 Å². The summed E-state index contributed by atoms with van der Waals surface area (Å²) >= 11 is 0. The van der Waals surface area contributed by atoms with Crippen molar-refractivity contribution < 1.29 is 25.9 Å². The molecule has 0 radical (unpaired) electrons. The van der Waals surface area contributed by atoms with E-state index in [2.05, 4.69) is 0 Å². The molecule has 104 valence electrons. The molecule has 0 amide bonds. The van der Waals surface area contributed by atoms with Crippen LogP contribution in [-0.4, -0.2) is 25.9 Å². The minimum atomic E-state index is -4.55. The van der Waals surface area contributed by atoms with Crippen LogP contribution < -0.4 is 0 Å². The third-order valence-corrected chi connectivity index (χ3v) is 4.84. The molecule has 0 aliphatic heterocycles. The van der Waals surface area contributed by atoms with Crippen molar-refractivity contribution in [3.05, 3.63) is 45.8 Å². The maximum Gasteiger partial charge on any atom is 0.294 e. The second-order valence-electron chi connectivity index (χ2n) is 4.44. The number of hydrogen-bond acceptors (Lipinski definition) is 4. The summed E-state index contributed by atoms with van der Waals surface area (Å²) in [4.78, 5) is -0.963. The Morgan fingerprint density at radius 1 is 1.05 bits per heavy atom. The third-order valence-electron chi connectivity index (χ3n) is 3.00. The maximum absolute atomic E-state index is 11.4. The molecule has 0 fully saturated rings. The van der Waals surface area contributed by atoms with Crippen molar-refractivity contribution in [2.24, 2.45) is 11.8 Å². The number of rotatable bonds is 2. The highest BCUT2D eigenvalue weighted by Crippen LogP contribution is 2.38. The van der Waals surface area contributed by atoms with Gasteiger partial charge in [0.25, 0.3) is 20.2 Å². The SMILES string of the molecule is CC1=CC2C(S(=O)(=O)O)=CC(S(=O)(=O)O)=CC2C=C1. The molecule has 0 saturated carbocycles. The predicted molar refractivity (Wildman–Crippen MR) is 69.1 cm³/mol. The second kappa shape index (κ2) is 4.41. The minimum Gasteiger partial charge on any atom is -0.282 e. The van der Waals surface area contributed by atoms with Crippen molar-refractivity contribution in [1.29, 1.82) is 0 Å². The van der Waals surface area contributed by atoms with E-state index in [4.69, 9.17) is 4.55 Å². The first-order valence-electron chi connectivity index (χ1n) is 5.34. The van der Waals surface area contributed by atoms with Crippen LogP contribution in [0.2, 0.25) is 0 Å². The fourth-order valence-corrected chi connectivity index (χ4v) is 3.67. The normalized spacial score (nSPS) is 27.2. The van der Waals surface area contributed by atoms with Crippen molar-refractivity contribution in [3.8, 4) is 0 Å². The summed E-state index contributed by atoms with van der Waals surface area (Å²) in [5.74, 6) is -1.20. The van der Waals surface area contributed by atoms with Gasteiger partial charge in [-0.1, -0.05) is 29.9 Å². The van der Waals surface area contributed by atoms with Crippen molar-refractivity contribution in [3.63, 3.8) is 0 Å². The van der Waals surface area contributed by atoms with Crippen LogP contribution in [0.1, 0.15) is 6.92 Å². The zero-order valence-corrected chi connectivity index (χ0v) is 11.5. The molecule has 2 aliphatic carbocycles. The van der Waals surface area contributed by atoms with Crippen molar-refractivity contribution in [2.45, 2.75) is 6.92 Å². The molecular weight excluding hydrogens is 292 g/mol. The summed E-state index contributed by atoms with van der Waals surface area (Å²) in [6.45, 7) is 1.76. The molecule has 0 saturated heterocycles. The van der Waals surface area contributed by atoms with Gasteiger partial charge in [-0.25, -0.2) is 0 Å². The number of allylic oxidation sites excluding steroid dienone is 7. The highest BCUT2D eigenvalue weighted by Gasteiger charge is 2.35. The summed E-state index contributed by atoms with van der Waals surface area (Å²) in [5.41, 5.74) is 0.805. The van der Waals surface area contributed by atoms with Crippen LogP contribution in [-0.2, 0) is 20.2 Å². The first-order valence-corrected chi connectivity index (χ1v) is 8.22. The average molecular weight is 304 g/mol. The first-order chi connectivity index (χ1) is 8.59. The standard InChI is InChI=1S/C11H12O6S2/c1-7-2-3-8-5-9(18(12,13)14)6-11(10(8)4-7)19(15,16)17/h2-6,8,10H,1H3,(H,12,13,14)(H,15,16,17). The van der Waals surface area contributed by atoms with Crippen LogP contribution in [0.4, 0.5) is 0 Å². The van der Waals surface area contributed by atoms with E-state index in [1.165, 1.54) is 6.08 Å². The Kier molecular flexibility index (Phi) is 3.29.